The van der Waals surface area contributed by atoms with Crippen LogP contribution in [0.2, 0.25) is 0 Å². The van der Waals surface area contributed by atoms with Crippen LogP contribution in [0.15, 0.2) is 30.5 Å². The summed E-state index contributed by atoms with van der Waals surface area (Å²) in [5.74, 6) is 0.494. The Labute approximate surface area is 146 Å². The van der Waals surface area contributed by atoms with Gasteiger partial charge in [0.15, 0.2) is 5.82 Å². The third kappa shape index (κ3) is 4.24. The zero-order chi connectivity index (χ0) is 17.6. The van der Waals surface area contributed by atoms with Crippen LogP contribution in [0.5, 0.6) is 0 Å². The number of esters is 1. The fourth-order valence-electron chi connectivity index (χ4n) is 2.71. The number of ether oxygens (including phenoxy) is 2. The zero-order valence-electron chi connectivity index (χ0n) is 14.2. The highest BCUT2D eigenvalue weighted by atomic mass is 16.5. The third-order valence-electron chi connectivity index (χ3n) is 3.95. The van der Waals surface area contributed by atoms with E-state index in [2.05, 4.69) is 15.3 Å². The lowest BCUT2D eigenvalue weighted by atomic mass is 10.2. The number of benzene rings is 1. The molecule has 1 atom stereocenters. The van der Waals surface area contributed by atoms with Crippen molar-refractivity contribution in [1.29, 1.82) is 0 Å². The van der Waals surface area contributed by atoms with Gasteiger partial charge in [0.05, 0.1) is 12.7 Å². The molecule has 1 fully saturated rings. The first-order valence-electron chi connectivity index (χ1n) is 8.43. The minimum atomic E-state index is -0.448. The van der Waals surface area contributed by atoms with E-state index in [9.17, 15) is 4.79 Å². The maximum absolute atomic E-state index is 12.2. The van der Waals surface area contributed by atoms with Crippen molar-refractivity contribution in [3.8, 4) is 11.4 Å². The Bertz CT molecular complexity index is 745. The molecule has 0 spiro atoms. The Morgan fingerprint density at radius 1 is 1.48 bits per heavy atom. The van der Waals surface area contributed by atoms with E-state index in [1.54, 1.807) is 19.1 Å². The third-order valence-corrected chi connectivity index (χ3v) is 3.95. The van der Waals surface area contributed by atoms with Crippen LogP contribution in [0.1, 0.15) is 30.1 Å². The Balaban J connectivity index is 1.88. The highest BCUT2D eigenvalue weighted by Crippen LogP contribution is 2.22. The van der Waals surface area contributed by atoms with Gasteiger partial charge in [-0.1, -0.05) is 12.1 Å². The number of nitrogens with two attached hydrogens (primary N) is 1. The van der Waals surface area contributed by atoms with Gasteiger partial charge in [-0.3, -0.25) is 0 Å². The van der Waals surface area contributed by atoms with Gasteiger partial charge in [0, 0.05) is 30.6 Å². The Morgan fingerprint density at radius 3 is 3.08 bits per heavy atom. The van der Waals surface area contributed by atoms with Crippen LogP contribution in [0, 0.1) is 0 Å². The largest absolute Gasteiger partial charge is 0.462 e. The SMILES string of the molecule is CCOC(=O)c1cnc(-c2cccc(N)c2)nc1NC[C@@H]1CCCO1. The molecule has 1 aromatic heterocycles. The van der Waals surface area contributed by atoms with Gasteiger partial charge in [-0.05, 0) is 31.9 Å². The first-order chi connectivity index (χ1) is 12.2. The van der Waals surface area contributed by atoms with Crippen molar-refractivity contribution in [2.24, 2.45) is 0 Å². The molecule has 2 aromatic rings. The fraction of sp³-hybridized carbons (Fsp3) is 0.389. The second kappa shape index (κ2) is 7.94. The molecule has 0 radical (unpaired) electrons. The van der Waals surface area contributed by atoms with E-state index in [0.29, 0.717) is 36.0 Å². The fourth-order valence-corrected chi connectivity index (χ4v) is 2.71. The zero-order valence-corrected chi connectivity index (χ0v) is 14.2. The van der Waals surface area contributed by atoms with Crippen LogP contribution < -0.4 is 11.1 Å². The van der Waals surface area contributed by atoms with E-state index in [0.717, 1.165) is 25.0 Å². The molecule has 7 nitrogen and oxygen atoms in total. The standard InChI is InChI=1S/C18H22N4O3/c1-2-24-18(23)15-11-21-16(12-5-3-6-13(19)9-12)22-17(15)20-10-14-7-4-8-25-14/h3,5-6,9,11,14H,2,4,7-8,10,19H2,1H3,(H,20,21,22)/t14-/m0/s1. The molecule has 25 heavy (non-hydrogen) atoms. The normalized spacial score (nSPS) is 16.6. The molecule has 1 aromatic carbocycles. The number of hydrogen-bond acceptors (Lipinski definition) is 7. The van der Waals surface area contributed by atoms with Gasteiger partial charge in [0.1, 0.15) is 11.4 Å². The maximum Gasteiger partial charge on any atom is 0.343 e. The maximum atomic E-state index is 12.2. The molecule has 0 aliphatic carbocycles. The van der Waals surface area contributed by atoms with Crippen molar-refractivity contribution in [1.82, 2.24) is 9.97 Å². The molecule has 2 heterocycles. The highest BCUT2D eigenvalue weighted by Gasteiger charge is 2.20. The summed E-state index contributed by atoms with van der Waals surface area (Å²) in [5.41, 5.74) is 7.56. The molecule has 132 valence electrons. The van der Waals surface area contributed by atoms with Crippen LogP contribution in [0.25, 0.3) is 11.4 Å². The summed E-state index contributed by atoms with van der Waals surface area (Å²) in [6, 6.07) is 7.31. The first-order valence-corrected chi connectivity index (χ1v) is 8.43. The molecule has 0 saturated carbocycles. The predicted octanol–water partition coefficient (Wildman–Crippen LogP) is 2.49. The quantitative estimate of drug-likeness (QED) is 0.614. The molecule has 0 unspecified atom stereocenters. The average Bonchev–Trinajstić information content (AvgIpc) is 3.13. The monoisotopic (exact) mass is 342 g/mol. The van der Waals surface area contributed by atoms with Crippen molar-refractivity contribution in [3.05, 3.63) is 36.0 Å². The lowest BCUT2D eigenvalue weighted by Crippen LogP contribution is -2.21. The van der Waals surface area contributed by atoms with Gasteiger partial charge in [0.25, 0.3) is 0 Å². The molecule has 7 heteroatoms. The van der Waals surface area contributed by atoms with Crippen LogP contribution >= 0.6 is 0 Å². The topological polar surface area (TPSA) is 99.4 Å². The summed E-state index contributed by atoms with van der Waals surface area (Å²) in [4.78, 5) is 21.0. The first kappa shape index (κ1) is 17.2. The number of anilines is 2. The number of rotatable bonds is 6. The summed E-state index contributed by atoms with van der Waals surface area (Å²) in [6.07, 6.45) is 3.66. The lowest BCUT2D eigenvalue weighted by Gasteiger charge is -2.14. The average molecular weight is 342 g/mol. The van der Waals surface area contributed by atoms with Gasteiger partial charge in [-0.25, -0.2) is 14.8 Å². The smallest absolute Gasteiger partial charge is 0.343 e. The molecule has 1 aliphatic rings. The van der Waals surface area contributed by atoms with Crippen LogP contribution in [-0.2, 0) is 9.47 Å². The van der Waals surface area contributed by atoms with E-state index >= 15 is 0 Å². The highest BCUT2D eigenvalue weighted by molar-refractivity contribution is 5.94. The number of carbonyl (C=O) groups is 1. The molecule has 3 rings (SSSR count). The molecule has 0 bridgehead atoms. The van der Waals surface area contributed by atoms with E-state index in [-0.39, 0.29) is 6.10 Å². The second-order valence-electron chi connectivity index (χ2n) is 5.82. The van der Waals surface area contributed by atoms with Crippen molar-refractivity contribution >= 4 is 17.5 Å². The molecule has 1 saturated heterocycles. The summed E-state index contributed by atoms with van der Waals surface area (Å²) >= 11 is 0. The van der Waals surface area contributed by atoms with Gasteiger partial charge in [0.2, 0.25) is 0 Å². The van der Waals surface area contributed by atoms with Crippen molar-refractivity contribution in [3.63, 3.8) is 0 Å². The minimum Gasteiger partial charge on any atom is -0.462 e. The lowest BCUT2D eigenvalue weighted by molar-refractivity contribution is 0.0526. The van der Waals surface area contributed by atoms with E-state index in [1.165, 1.54) is 6.20 Å². The number of nitrogens with zero attached hydrogens (tertiary/aromatic N) is 2. The van der Waals surface area contributed by atoms with Gasteiger partial charge >= 0.3 is 5.97 Å². The van der Waals surface area contributed by atoms with Gasteiger partial charge in [-0.2, -0.15) is 0 Å². The molecule has 0 amide bonds. The number of hydrogen-bond donors (Lipinski definition) is 2. The number of nitrogen functional groups attached to an aromatic ring is 1. The predicted molar refractivity (Wildman–Crippen MR) is 95.3 cm³/mol. The van der Waals surface area contributed by atoms with Crippen molar-refractivity contribution < 1.29 is 14.3 Å². The molecular weight excluding hydrogens is 320 g/mol. The molecular formula is C18H22N4O3. The number of carbonyl (C=O) groups excluding carboxylic acids is 1. The van der Waals surface area contributed by atoms with E-state index < -0.39 is 5.97 Å². The van der Waals surface area contributed by atoms with Crippen molar-refractivity contribution in [2.45, 2.75) is 25.9 Å². The Kier molecular flexibility index (Phi) is 5.45. The van der Waals surface area contributed by atoms with Crippen LogP contribution in [0.4, 0.5) is 11.5 Å². The van der Waals surface area contributed by atoms with Crippen LogP contribution in [-0.4, -0.2) is 41.8 Å². The Morgan fingerprint density at radius 2 is 2.36 bits per heavy atom. The van der Waals surface area contributed by atoms with E-state index in [1.807, 2.05) is 12.1 Å². The van der Waals surface area contributed by atoms with E-state index in [4.69, 9.17) is 15.2 Å². The Hall–Kier alpha value is -2.67. The second-order valence-corrected chi connectivity index (χ2v) is 5.82. The summed E-state index contributed by atoms with van der Waals surface area (Å²) in [5, 5.41) is 3.21. The van der Waals surface area contributed by atoms with Gasteiger partial charge < -0.3 is 20.5 Å². The molecule has 1 aliphatic heterocycles. The van der Waals surface area contributed by atoms with Crippen molar-refractivity contribution in [2.75, 3.05) is 30.8 Å². The summed E-state index contributed by atoms with van der Waals surface area (Å²) in [7, 11) is 0. The number of nitrogens with one attached hydrogen (secondary N) is 1. The van der Waals surface area contributed by atoms with Crippen LogP contribution in [0.3, 0.4) is 0 Å². The van der Waals surface area contributed by atoms with Gasteiger partial charge in [-0.15, -0.1) is 0 Å². The number of aromatic nitrogens is 2. The molecule has 3 N–H and O–H groups in total. The minimum absolute atomic E-state index is 0.126. The summed E-state index contributed by atoms with van der Waals surface area (Å²) in [6.45, 7) is 3.41. The summed E-state index contributed by atoms with van der Waals surface area (Å²) < 4.78 is 10.7.